The molecule has 0 unspecified atom stereocenters. The van der Waals surface area contributed by atoms with Gasteiger partial charge in [-0.15, -0.1) is 0 Å². The fourth-order valence-corrected chi connectivity index (χ4v) is 6.31. The van der Waals surface area contributed by atoms with Gasteiger partial charge in [0, 0.05) is 39.4 Å². The molecule has 2 aromatic carbocycles. The van der Waals surface area contributed by atoms with Crippen LogP contribution in [0, 0.1) is 6.92 Å². The van der Waals surface area contributed by atoms with E-state index in [4.69, 9.17) is 4.74 Å². The highest BCUT2D eigenvalue weighted by Crippen LogP contribution is 2.30. The number of amides is 2. The number of anilines is 1. The van der Waals surface area contributed by atoms with E-state index < -0.39 is 16.1 Å². The smallest absolute Gasteiger partial charge is 0.410 e. The Balaban J connectivity index is 1.45. The van der Waals surface area contributed by atoms with Gasteiger partial charge >= 0.3 is 6.09 Å². The number of fused-ring (bicyclic) bond motifs is 1. The first-order chi connectivity index (χ1) is 20.1. The molecule has 0 saturated carbocycles. The highest BCUT2D eigenvalue weighted by Gasteiger charge is 2.33. The average Bonchev–Trinajstić information content (AvgIpc) is 3.45. The summed E-state index contributed by atoms with van der Waals surface area (Å²) in [4.78, 5) is 40.0. The summed E-state index contributed by atoms with van der Waals surface area (Å²) in [6.07, 6.45) is 3.75. The Morgan fingerprint density at radius 2 is 1.76 bits per heavy atom. The summed E-state index contributed by atoms with van der Waals surface area (Å²) in [6, 6.07) is 17.5. The first-order valence-corrected chi connectivity index (χ1v) is 15.2. The van der Waals surface area contributed by atoms with Crippen molar-refractivity contribution in [2.24, 2.45) is 0 Å². The molecular formula is C30H34N6O5S. The van der Waals surface area contributed by atoms with Crippen LogP contribution in [0.5, 0.6) is 0 Å². The number of aromatic nitrogens is 3. The zero-order chi connectivity index (χ0) is 29.9. The molecule has 2 aromatic heterocycles. The van der Waals surface area contributed by atoms with Crippen LogP contribution in [0.25, 0.3) is 11.0 Å². The molecule has 0 bridgehead atoms. The lowest BCUT2D eigenvalue weighted by Gasteiger charge is -2.39. The zero-order valence-electron chi connectivity index (χ0n) is 23.9. The third-order valence-electron chi connectivity index (χ3n) is 7.38. The molecule has 1 fully saturated rings. The van der Waals surface area contributed by atoms with Gasteiger partial charge in [0.2, 0.25) is 5.91 Å². The Bertz CT molecular complexity index is 1670. The Morgan fingerprint density at radius 1 is 1.02 bits per heavy atom. The molecule has 0 spiro atoms. The van der Waals surface area contributed by atoms with Crippen LogP contribution in [0.1, 0.15) is 24.0 Å². The van der Waals surface area contributed by atoms with Gasteiger partial charge in [0.1, 0.15) is 18.8 Å². The lowest BCUT2D eigenvalue weighted by molar-refractivity contribution is -0.127. The molecule has 2 amide bonds. The summed E-state index contributed by atoms with van der Waals surface area (Å²) in [5, 5.41) is 0.489. The van der Waals surface area contributed by atoms with Gasteiger partial charge in [-0.1, -0.05) is 48.0 Å². The molecule has 5 rings (SSSR count). The Hall–Kier alpha value is -4.45. The number of piperidine rings is 1. The molecule has 1 aliphatic rings. The molecule has 4 aromatic rings. The van der Waals surface area contributed by atoms with Gasteiger partial charge in [-0.05, 0) is 43.5 Å². The number of hydrogen-bond donors (Lipinski definition) is 0. The third kappa shape index (κ3) is 6.08. The first-order valence-electron chi connectivity index (χ1n) is 13.7. The van der Waals surface area contributed by atoms with Gasteiger partial charge < -0.3 is 19.4 Å². The van der Waals surface area contributed by atoms with Crippen molar-refractivity contribution in [3.63, 3.8) is 0 Å². The number of carbonyl (C=O) groups excluding carboxylic acids is 2. The van der Waals surface area contributed by atoms with Gasteiger partial charge in [-0.2, -0.15) is 0 Å². The standard InChI is InChI=1S/C30H34N6O5S/c1-22-11-13-25(14-12-22)42(39,40)36-17-15-26-28(31-21-32-29(26)36)35(19-27(37)33(2)3)24-10-7-16-34(18-24)30(38)41-20-23-8-5-4-6-9-23/h4-6,8-9,11-15,17,21,24H,7,10,16,18-20H2,1-3H3/t24-/m1/s1. The Kier molecular flexibility index (Phi) is 8.44. The molecule has 0 radical (unpaired) electrons. The molecule has 11 nitrogen and oxygen atoms in total. The van der Waals surface area contributed by atoms with Crippen LogP contribution >= 0.6 is 0 Å². The van der Waals surface area contributed by atoms with E-state index in [1.165, 1.54) is 17.4 Å². The van der Waals surface area contributed by atoms with Crippen LogP contribution in [-0.2, 0) is 26.2 Å². The number of carbonyl (C=O) groups is 2. The molecule has 3 heterocycles. The van der Waals surface area contributed by atoms with E-state index in [2.05, 4.69) is 9.97 Å². The van der Waals surface area contributed by atoms with E-state index in [1.54, 1.807) is 49.3 Å². The maximum atomic E-state index is 13.5. The molecule has 1 atom stereocenters. The van der Waals surface area contributed by atoms with Crippen LogP contribution < -0.4 is 4.90 Å². The maximum Gasteiger partial charge on any atom is 0.410 e. The number of likely N-dealkylation sites (tertiary alicyclic amines) is 1. The second-order valence-corrected chi connectivity index (χ2v) is 12.4. The monoisotopic (exact) mass is 590 g/mol. The van der Waals surface area contributed by atoms with Gasteiger partial charge in [-0.3, -0.25) is 4.79 Å². The number of nitrogens with zero attached hydrogens (tertiary/aromatic N) is 6. The normalized spacial score (nSPS) is 15.4. The SMILES string of the molecule is Cc1ccc(S(=O)(=O)n2ccc3c(N(CC(=O)N(C)C)[C@@H]4CCCN(C(=O)OCc5ccccc5)C4)ncnc32)cc1. The van der Waals surface area contributed by atoms with Crippen LogP contribution in [0.2, 0.25) is 0 Å². The molecule has 1 saturated heterocycles. The Morgan fingerprint density at radius 3 is 2.48 bits per heavy atom. The minimum atomic E-state index is -3.93. The topological polar surface area (TPSA) is 118 Å². The number of hydrogen-bond acceptors (Lipinski definition) is 8. The van der Waals surface area contributed by atoms with Gasteiger partial charge in [-0.25, -0.2) is 27.2 Å². The molecule has 0 N–H and O–H groups in total. The van der Waals surface area contributed by atoms with Crippen LogP contribution in [0.3, 0.4) is 0 Å². The zero-order valence-corrected chi connectivity index (χ0v) is 24.7. The fourth-order valence-electron chi connectivity index (χ4n) is 5.01. The van der Waals surface area contributed by atoms with Crippen molar-refractivity contribution >= 4 is 38.9 Å². The van der Waals surface area contributed by atoms with E-state index in [0.29, 0.717) is 37.1 Å². The number of aryl methyl sites for hydroxylation is 1. The molecule has 220 valence electrons. The molecular weight excluding hydrogens is 556 g/mol. The minimum Gasteiger partial charge on any atom is -0.445 e. The summed E-state index contributed by atoms with van der Waals surface area (Å²) in [5.41, 5.74) is 2.05. The molecule has 0 aliphatic carbocycles. The van der Waals surface area contributed by atoms with Crippen molar-refractivity contribution in [1.82, 2.24) is 23.7 Å². The van der Waals surface area contributed by atoms with Crippen LogP contribution in [0.4, 0.5) is 10.6 Å². The number of likely N-dealkylation sites (N-methyl/N-ethyl adjacent to an activating group) is 1. The quantitative estimate of drug-likeness (QED) is 0.305. The van der Waals surface area contributed by atoms with Crippen molar-refractivity contribution in [3.8, 4) is 0 Å². The van der Waals surface area contributed by atoms with E-state index in [0.717, 1.165) is 15.1 Å². The van der Waals surface area contributed by atoms with Gasteiger partial charge in [0.15, 0.2) is 5.65 Å². The second kappa shape index (κ2) is 12.2. The predicted octanol–water partition coefficient (Wildman–Crippen LogP) is 3.67. The molecule has 12 heteroatoms. The molecule has 1 aliphatic heterocycles. The van der Waals surface area contributed by atoms with Crippen molar-refractivity contribution in [3.05, 3.63) is 84.3 Å². The number of rotatable bonds is 8. The van der Waals surface area contributed by atoms with Crippen molar-refractivity contribution in [2.75, 3.05) is 38.6 Å². The second-order valence-electron chi connectivity index (χ2n) is 10.6. The lowest BCUT2D eigenvalue weighted by atomic mass is 10.0. The number of benzene rings is 2. The first kappa shape index (κ1) is 29.1. The van der Waals surface area contributed by atoms with E-state index in [9.17, 15) is 18.0 Å². The predicted molar refractivity (Wildman–Crippen MR) is 159 cm³/mol. The van der Waals surface area contributed by atoms with Crippen molar-refractivity contribution in [1.29, 1.82) is 0 Å². The largest absolute Gasteiger partial charge is 0.445 e. The number of ether oxygens (including phenoxy) is 1. The maximum absolute atomic E-state index is 13.5. The summed E-state index contributed by atoms with van der Waals surface area (Å²) in [5.74, 6) is 0.273. The van der Waals surface area contributed by atoms with Crippen molar-refractivity contribution in [2.45, 2.75) is 37.3 Å². The third-order valence-corrected chi connectivity index (χ3v) is 9.06. The summed E-state index contributed by atoms with van der Waals surface area (Å²) < 4.78 is 33.8. The van der Waals surface area contributed by atoms with E-state index >= 15 is 0 Å². The summed E-state index contributed by atoms with van der Waals surface area (Å²) >= 11 is 0. The lowest BCUT2D eigenvalue weighted by Crippen LogP contribution is -2.52. The van der Waals surface area contributed by atoms with E-state index in [1.807, 2.05) is 42.2 Å². The summed E-state index contributed by atoms with van der Waals surface area (Å²) in [7, 11) is -0.578. The van der Waals surface area contributed by atoms with Gasteiger partial charge in [0.05, 0.1) is 16.8 Å². The molecule has 42 heavy (non-hydrogen) atoms. The Labute approximate surface area is 245 Å². The van der Waals surface area contributed by atoms with Crippen LogP contribution in [0.15, 0.2) is 78.1 Å². The van der Waals surface area contributed by atoms with Crippen LogP contribution in [-0.4, -0.2) is 83.9 Å². The van der Waals surface area contributed by atoms with Crippen molar-refractivity contribution < 1.29 is 22.7 Å². The fraction of sp³-hybridized carbons (Fsp3) is 0.333. The minimum absolute atomic E-state index is 0.00737. The highest BCUT2D eigenvalue weighted by molar-refractivity contribution is 7.90. The highest BCUT2D eigenvalue weighted by atomic mass is 32.2. The average molecular weight is 591 g/mol. The summed E-state index contributed by atoms with van der Waals surface area (Å²) in [6.45, 7) is 2.90. The van der Waals surface area contributed by atoms with Gasteiger partial charge in [0.25, 0.3) is 10.0 Å². The van der Waals surface area contributed by atoms with E-state index in [-0.39, 0.29) is 35.6 Å².